The van der Waals surface area contributed by atoms with E-state index in [1.165, 1.54) is 18.2 Å². The Morgan fingerprint density at radius 3 is 2.45 bits per heavy atom. The van der Waals surface area contributed by atoms with Crippen molar-refractivity contribution in [3.63, 3.8) is 0 Å². The molecule has 1 aliphatic heterocycles. The molecule has 0 unspecified atom stereocenters. The summed E-state index contributed by atoms with van der Waals surface area (Å²) in [7, 11) is -2.19. The first-order valence-corrected chi connectivity index (χ1v) is 17.6. The third kappa shape index (κ3) is 9.56. The monoisotopic (exact) mass is 665 g/mol. The SMILES string of the molecule is Cc1ccc(S(=O)(=O)Nc2ccc3c(c2)C(=O)N([C@@H](C)CO)C[C@@H](C)[C@H](CN(C)C(=O)c2ccccc2)OCCCC[C@H](C)O3)cc1. The molecule has 0 aliphatic carbocycles. The minimum absolute atomic E-state index is 0.102. The standard InChI is InChI=1S/C36H47N3O7S/c1-25-14-17-31(18-15-25)47(43,44)37-30-16-19-33-32(21-30)36(42)39(27(3)24-40)22-26(2)34(45-20-10-9-11-28(4)46-33)23-38(5)35(41)29-12-7-6-8-13-29/h6-8,12-19,21,26-28,34,37,40H,9-11,20,22-24H2,1-5H3/t26-,27+,28+,34+/m1/s1. The number of fused-ring (bicyclic) bond motifs is 1. The molecule has 1 aliphatic rings. The molecule has 4 atom stereocenters. The van der Waals surface area contributed by atoms with Crippen molar-refractivity contribution in [2.45, 2.75) is 70.1 Å². The topological polar surface area (TPSA) is 125 Å². The van der Waals surface area contributed by atoms with Gasteiger partial charge in [-0.05, 0) is 82.5 Å². The van der Waals surface area contributed by atoms with E-state index in [4.69, 9.17) is 9.47 Å². The lowest BCUT2D eigenvalue weighted by Gasteiger charge is -2.36. The molecule has 254 valence electrons. The lowest BCUT2D eigenvalue weighted by molar-refractivity contribution is -0.0149. The molecule has 3 aromatic rings. The van der Waals surface area contributed by atoms with E-state index in [9.17, 15) is 23.1 Å². The van der Waals surface area contributed by atoms with Gasteiger partial charge in [-0.3, -0.25) is 14.3 Å². The number of amides is 2. The second kappa shape index (κ2) is 16.3. The number of nitrogens with one attached hydrogen (secondary N) is 1. The fourth-order valence-corrected chi connectivity index (χ4v) is 6.58. The van der Waals surface area contributed by atoms with Crippen molar-refractivity contribution in [2.24, 2.45) is 5.92 Å². The highest BCUT2D eigenvalue weighted by Gasteiger charge is 2.31. The number of anilines is 1. The summed E-state index contributed by atoms with van der Waals surface area (Å²) in [6.45, 7) is 8.25. The average molecular weight is 666 g/mol. The van der Waals surface area contributed by atoms with Crippen LogP contribution in [-0.4, -0.2) is 86.7 Å². The van der Waals surface area contributed by atoms with Gasteiger partial charge in [0.05, 0.1) is 35.3 Å². The van der Waals surface area contributed by atoms with Crippen molar-refractivity contribution < 1.29 is 32.6 Å². The van der Waals surface area contributed by atoms with Gasteiger partial charge in [0.15, 0.2) is 0 Å². The zero-order chi connectivity index (χ0) is 34.1. The fourth-order valence-electron chi connectivity index (χ4n) is 5.53. The summed E-state index contributed by atoms with van der Waals surface area (Å²) < 4.78 is 41.6. The molecule has 47 heavy (non-hydrogen) atoms. The molecule has 0 bridgehead atoms. The average Bonchev–Trinajstić information content (AvgIpc) is 3.06. The minimum atomic E-state index is -3.93. The van der Waals surface area contributed by atoms with E-state index in [0.29, 0.717) is 30.9 Å². The fraction of sp³-hybridized carbons (Fsp3) is 0.444. The smallest absolute Gasteiger partial charge is 0.261 e. The largest absolute Gasteiger partial charge is 0.490 e. The molecule has 1 heterocycles. The maximum atomic E-state index is 14.4. The first-order chi connectivity index (χ1) is 22.4. The Labute approximate surface area is 278 Å². The highest BCUT2D eigenvalue weighted by Crippen LogP contribution is 2.29. The van der Waals surface area contributed by atoms with Crippen molar-refractivity contribution in [1.29, 1.82) is 0 Å². The molecule has 10 nitrogen and oxygen atoms in total. The summed E-state index contributed by atoms with van der Waals surface area (Å²) in [5.41, 5.74) is 1.90. The second-order valence-corrected chi connectivity index (χ2v) is 14.2. The summed E-state index contributed by atoms with van der Waals surface area (Å²) in [5, 5.41) is 10.2. The number of hydrogen-bond acceptors (Lipinski definition) is 7. The molecular formula is C36H47N3O7S. The van der Waals surface area contributed by atoms with Gasteiger partial charge in [0.25, 0.3) is 21.8 Å². The number of likely N-dealkylation sites (N-methyl/N-ethyl adjacent to an activating group) is 1. The van der Waals surface area contributed by atoms with Gasteiger partial charge in [0.1, 0.15) is 5.75 Å². The Bertz CT molecular complexity index is 1600. The van der Waals surface area contributed by atoms with Gasteiger partial charge >= 0.3 is 0 Å². The van der Waals surface area contributed by atoms with Crippen LogP contribution in [0.25, 0.3) is 0 Å². The number of rotatable bonds is 8. The highest BCUT2D eigenvalue weighted by molar-refractivity contribution is 7.92. The molecule has 0 fully saturated rings. The van der Waals surface area contributed by atoms with Crippen LogP contribution < -0.4 is 9.46 Å². The molecule has 4 rings (SSSR count). The van der Waals surface area contributed by atoms with Crippen molar-refractivity contribution in [3.8, 4) is 5.75 Å². The van der Waals surface area contributed by atoms with E-state index < -0.39 is 28.1 Å². The van der Waals surface area contributed by atoms with Crippen LogP contribution in [0.5, 0.6) is 5.75 Å². The minimum Gasteiger partial charge on any atom is -0.490 e. The number of ether oxygens (including phenoxy) is 2. The van der Waals surface area contributed by atoms with Crippen LogP contribution in [-0.2, 0) is 14.8 Å². The van der Waals surface area contributed by atoms with Crippen molar-refractivity contribution in [2.75, 3.05) is 38.1 Å². The number of benzene rings is 3. The van der Waals surface area contributed by atoms with E-state index in [1.54, 1.807) is 60.2 Å². The Morgan fingerprint density at radius 2 is 1.77 bits per heavy atom. The van der Waals surface area contributed by atoms with Gasteiger partial charge in [-0.1, -0.05) is 42.8 Å². The zero-order valence-electron chi connectivity index (χ0n) is 27.9. The lowest BCUT2D eigenvalue weighted by atomic mass is 10.0. The molecule has 0 saturated carbocycles. The van der Waals surface area contributed by atoms with Crippen molar-refractivity contribution in [3.05, 3.63) is 89.5 Å². The van der Waals surface area contributed by atoms with Crippen LogP contribution in [0, 0.1) is 12.8 Å². The summed E-state index contributed by atoms with van der Waals surface area (Å²) >= 11 is 0. The van der Waals surface area contributed by atoms with E-state index >= 15 is 0 Å². The Kier molecular flexibility index (Phi) is 12.4. The summed E-state index contributed by atoms with van der Waals surface area (Å²) in [5.74, 6) is -0.436. The van der Waals surface area contributed by atoms with Gasteiger partial charge in [0, 0.05) is 43.9 Å². The highest BCUT2D eigenvalue weighted by atomic mass is 32.2. The third-order valence-electron chi connectivity index (χ3n) is 8.46. The Hall–Kier alpha value is -3.93. The molecule has 0 radical (unpaired) electrons. The number of sulfonamides is 1. The lowest BCUT2D eigenvalue weighted by Crippen LogP contribution is -2.48. The molecule has 0 spiro atoms. The normalized spacial score (nSPS) is 20.3. The van der Waals surface area contributed by atoms with Gasteiger partial charge in [-0.2, -0.15) is 0 Å². The number of nitrogens with zero attached hydrogens (tertiary/aromatic N) is 2. The van der Waals surface area contributed by atoms with Crippen LogP contribution >= 0.6 is 0 Å². The van der Waals surface area contributed by atoms with Gasteiger partial charge in [0.2, 0.25) is 0 Å². The number of aliphatic hydroxyl groups excluding tert-OH is 1. The maximum Gasteiger partial charge on any atom is 0.261 e. The molecule has 11 heteroatoms. The van der Waals surface area contributed by atoms with Crippen LogP contribution in [0.1, 0.15) is 66.3 Å². The second-order valence-electron chi connectivity index (χ2n) is 12.5. The number of carbonyl (C=O) groups excluding carboxylic acids is 2. The first kappa shape index (κ1) is 35.9. The van der Waals surface area contributed by atoms with E-state index in [2.05, 4.69) is 4.72 Å². The molecule has 2 amide bonds. The van der Waals surface area contributed by atoms with E-state index in [0.717, 1.165) is 18.4 Å². The number of aryl methyl sites for hydroxylation is 1. The molecule has 0 saturated heterocycles. The predicted molar refractivity (Wildman–Crippen MR) is 182 cm³/mol. The summed E-state index contributed by atoms with van der Waals surface area (Å²) in [6.07, 6.45) is 1.70. The molecular weight excluding hydrogens is 618 g/mol. The Morgan fingerprint density at radius 1 is 1.06 bits per heavy atom. The summed E-state index contributed by atoms with van der Waals surface area (Å²) in [6, 6.07) is 19.7. The molecule has 2 N–H and O–H groups in total. The Balaban J connectivity index is 1.66. The maximum absolute atomic E-state index is 14.4. The third-order valence-corrected chi connectivity index (χ3v) is 9.85. The number of aliphatic hydroxyl groups is 1. The zero-order valence-corrected chi connectivity index (χ0v) is 28.7. The first-order valence-electron chi connectivity index (χ1n) is 16.1. The van der Waals surface area contributed by atoms with Crippen LogP contribution in [0.4, 0.5) is 5.69 Å². The van der Waals surface area contributed by atoms with Crippen molar-refractivity contribution >= 4 is 27.5 Å². The summed E-state index contributed by atoms with van der Waals surface area (Å²) in [4.78, 5) is 30.8. The predicted octanol–water partition coefficient (Wildman–Crippen LogP) is 5.36. The van der Waals surface area contributed by atoms with Crippen molar-refractivity contribution in [1.82, 2.24) is 9.80 Å². The molecule has 0 aromatic heterocycles. The quantitative estimate of drug-likeness (QED) is 0.332. The van der Waals surface area contributed by atoms with E-state index in [1.807, 2.05) is 39.0 Å². The van der Waals surface area contributed by atoms with E-state index in [-0.39, 0.29) is 47.2 Å². The number of hydrogen-bond donors (Lipinski definition) is 2. The van der Waals surface area contributed by atoms with Gasteiger partial charge in [-0.25, -0.2) is 8.42 Å². The van der Waals surface area contributed by atoms with Crippen LogP contribution in [0.3, 0.4) is 0 Å². The molecule has 3 aromatic carbocycles. The van der Waals surface area contributed by atoms with Crippen LogP contribution in [0.2, 0.25) is 0 Å². The van der Waals surface area contributed by atoms with Gasteiger partial charge < -0.3 is 24.4 Å². The van der Waals surface area contributed by atoms with Crippen LogP contribution in [0.15, 0.2) is 77.7 Å². The number of carbonyl (C=O) groups is 2. The van der Waals surface area contributed by atoms with Gasteiger partial charge in [-0.15, -0.1) is 0 Å².